The molecule has 1 aromatic heterocycles. The maximum Gasteiger partial charge on any atom is 0.332 e. The molecule has 0 aliphatic heterocycles. The Bertz CT molecular complexity index is 596. The molecule has 2 rings (SSSR count). The SMILES string of the molecule is CCCCn1c(N)c(NC2CC(C)C2)c(=O)n(C)c1=O. The summed E-state index contributed by atoms with van der Waals surface area (Å²) in [6.45, 7) is 4.78. The van der Waals surface area contributed by atoms with Crippen LogP contribution in [0, 0.1) is 5.92 Å². The van der Waals surface area contributed by atoms with Crippen LogP contribution < -0.4 is 22.3 Å². The van der Waals surface area contributed by atoms with E-state index >= 15 is 0 Å². The van der Waals surface area contributed by atoms with Gasteiger partial charge in [0.05, 0.1) is 0 Å². The number of nitrogen functional groups attached to an aromatic ring is 1. The van der Waals surface area contributed by atoms with Crippen LogP contribution in [0.15, 0.2) is 9.59 Å². The Morgan fingerprint density at radius 1 is 1.35 bits per heavy atom. The van der Waals surface area contributed by atoms with Crippen LogP contribution in [0.25, 0.3) is 0 Å². The predicted octanol–water partition coefficient (Wildman–Crippen LogP) is 1.14. The first-order valence-electron chi connectivity index (χ1n) is 7.31. The van der Waals surface area contributed by atoms with Crippen LogP contribution in [0.4, 0.5) is 11.5 Å². The minimum absolute atomic E-state index is 0.270. The Hall–Kier alpha value is -1.72. The second-order valence-electron chi connectivity index (χ2n) is 5.83. The van der Waals surface area contributed by atoms with Crippen LogP contribution in [0.2, 0.25) is 0 Å². The van der Waals surface area contributed by atoms with Crippen LogP contribution >= 0.6 is 0 Å². The molecule has 6 nitrogen and oxygen atoms in total. The number of hydrogen-bond acceptors (Lipinski definition) is 4. The van der Waals surface area contributed by atoms with Gasteiger partial charge in [-0.3, -0.25) is 13.9 Å². The van der Waals surface area contributed by atoms with Gasteiger partial charge in [0, 0.05) is 19.6 Å². The minimum Gasteiger partial charge on any atom is -0.383 e. The molecule has 6 heteroatoms. The summed E-state index contributed by atoms with van der Waals surface area (Å²) in [4.78, 5) is 24.3. The predicted molar refractivity (Wildman–Crippen MR) is 81.1 cm³/mol. The van der Waals surface area contributed by atoms with Gasteiger partial charge in [-0.15, -0.1) is 0 Å². The highest BCUT2D eigenvalue weighted by atomic mass is 16.2. The van der Waals surface area contributed by atoms with Crippen molar-refractivity contribution in [2.24, 2.45) is 13.0 Å². The summed E-state index contributed by atoms with van der Waals surface area (Å²) in [5, 5.41) is 3.21. The van der Waals surface area contributed by atoms with Crippen molar-refractivity contribution in [3.05, 3.63) is 20.8 Å². The Morgan fingerprint density at radius 3 is 2.55 bits per heavy atom. The summed E-state index contributed by atoms with van der Waals surface area (Å²) in [5.74, 6) is 0.953. The molecule has 0 bridgehead atoms. The molecule has 0 saturated heterocycles. The van der Waals surface area contributed by atoms with Gasteiger partial charge in [-0.1, -0.05) is 20.3 Å². The number of nitrogens with two attached hydrogens (primary N) is 1. The fourth-order valence-corrected chi connectivity index (χ4v) is 2.68. The Morgan fingerprint density at radius 2 is 2.00 bits per heavy atom. The molecule has 112 valence electrons. The van der Waals surface area contributed by atoms with Crippen LogP contribution in [0.3, 0.4) is 0 Å². The summed E-state index contributed by atoms with van der Waals surface area (Å²) < 4.78 is 2.63. The number of hydrogen-bond donors (Lipinski definition) is 2. The standard InChI is InChI=1S/C14H24N4O2/c1-4-5-6-18-12(15)11(13(19)17(3)14(18)20)16-10-7-9(2)8-10/h9-10,16H,4-8,15H2,1-3H3. The van der Waals surface area contributed by atoms with Gasteiger partial charge in [0.25, 0.3) is 5.56 Å². The van der Waals surface area contributed by atoms with E-state index in [0.29, 0.717) is 18.2 Å². The summed E-state index contributed by atoms with van der Waals surface area (Å²) in [5.41, 5.74) is 5.75. The van der Waals surface area contributed by atoms with Crippen molar-refractivity contribution in [3.63, 3.8) is 0 Å². The monoisotopic (exact) mass is 280 g/mol. The van der Waals surface area contributed by atoms with Gasteiger partial charge < -0.3 is 11.1 Å². The molecular formula is C14H24N4O2. The second kappa shape index (κ2) is 5.73. The second-order valence-corrected chi connectivity index (χ2v) is 5.83. The first-order valence-corrected chi connectivity index (χ1v) is 7.31. The zero-order valence-corrected chi connectivity index (χ0v) is 12.5. The number of unbranched alkanes of at least 4 members (excludes halogenated alkanes) is 1. The molecule has 1 heterocycles. The number of anilines is 2. The largest absolute Gasteiger partial charge is 0.383 e. The third-order valence-electron chi connectivity index (χ3n) is 4.04. The van der Waals surface area contributed by atoms with E-state index in [9.17, 15) is 9.59 Å². The van der Waals surface area contributed by atoms with Crippen LogP contribution in [0.1, 0.15) is 39.5 Å². The minimum atomic E-state index is -0.339. The van der Waals surface area contributed by atoms with Crippen molar-refractivity contribution in [3.8, 4) is 0 Å². The molecule has 20 heavy (non-hydrogen) atoms. The molecule has 0 atom stereocenters. The van der Waals surface area contributed by atoms with Crippen molar-refractivity contribution in [2.45, 2.75) is 52.1 Å². The van der Waals surface area contributed by atoms with Crippen LogP contribution in [-0.2, 0) is 13.6 Å². The number of nitrogens with zero attached hydrogens (tertiary/aromatic N) is 2. The van der Waals surface area contributed by atoms with E-state index in [2.05, 4.69) is 19.2 Å². The summed E-state index contributed by atoms with van der Waals surface area (Å²) in [6, 6.07) is 0.289. The van der Waals surface area contributed by atoms with Crippen molar-refractivity contribution in [1.82, 2.24) is 9.13 Å². The lowest BCUT2D eigenvalue weighted by atomic mass is 9.82. The van der Waals surface area contributed by atoms with E-state index in [1.165, 1.54) is 11.6 Å². The van der Waals surface area contributed by atoms with Crippen LogP contribution in [-0.4, -0.2) is 15.2 Å². The van der Waals surface area contributed by atoms with Crippen molar-refractivity contribution >= 4 is 11.5 Å². The summed E-state index contributed by atoms with van der Waals surface area (Å²) in [7, 11) is 1.50. The lowest BCUT2D eigenvalue weighted by molar-refractivity contribution is 0.308. The maximum atomic E-state index is 12.2. The number of nitrogens with one attached hydrogen (secondary N) is 1. The molecular weight excluding hydrogens is 256 g/mol. The fraction of sp³-hybridized carbons (Fsp3) is 0.714. The molecule has 1 fully saturated rings. The Kier molecular flexibility index (Phi) is 4.20. The van der Waals surface area contributed by atoms with Gasteiger partial charge >= 0.3 is 5.69 Å². The third-order valence-corrected chi connectivity index (χ3v) is 4.04. The van der Waals surface area contributed by atoms with Gasteiger partial charge in [-0.2, -0.15) is 0 Å². The van der Waals surface area contributed by atoms with Gasteiger partial charge in [0.1, 0.15) is 11.5 Å². The molecule has 3 N–H and O–H groups in total. The smallest absolute Gasteiger partial charge is 0.332 e. The summed E-state index contributed by atoms with van der Waals surface area (Å²) >= 11 is 0. The molecule has 1 aromatic rings. The van der Waals surface area contributed by atoms with Gasteiger partial charge in [-0.05, 0) is 25.2 Å². The molecule has 0 spiro atoms. The maximum absolute atomic E-state index is 12.2. The van der Waals surface area contributed by atoms with E-state index in [1.54, 1.807) is 0 Å². The first kappa shape index (κ1) is 14.7. The summed E-state index contributed by atoms with van der Waals surface area (Å²) in [6.07, 6.45) is 3.91. The van der Waals surface area contributed by atoms with Gasteiger partial charge in [-0.25, -0.2) is 4.79 Å². The highest BCUT2D eigenvalue weighted by molar-refractivity contribution is 5.61. The van der Waals surface area contributed by atoms with E-state index in [1.807, 2.05) is 0 Å². The molecule has 1 aliphatic rings. The number of rotatable bonds is 5. The Labute approximate surface area is 118 Å². The van der Waals surface area contributed by atoms with E-state index in [4.69, 9.17) is 5.73 Å². The van der Waals surface area contributed by atoms with Crippen molar-refractivity contribution < 1.29 is 0 Å². The van der Waals surface area contributed by atoms with E-state index < -0.39 is 0 Å². The Balaban J connectivity index is 2.37. The fourth-order valence-electron chi connectivity index (χ4n) is 2.68. The zero-order valence-electron chi connectivity index (χ0n) is 12.5. The molecule has 1 aliphatic carbocycles. The average molecular weight is 280 g/mol. The highest BCUT2D eigenvalue weighted by Crippen LogP contribution is 2.29. The van der Waals surface area contributed by atoms with Gasteiger partial charge in [0.2, 0.25) is 0 Å². The van der Waals surface area contributed by atoms with Crippen molar-refractivity contribution in [1.29, 1.82) is 0 Å². The molecule has 0 aromatic carbocycles. The topological polar surface area (TPSA) is 82.0 Å². The highest BCUT2D eigenvalue weighted by Gasteiger charge is 2.27. The van der Waals surface area contributed by atoms with E-state index in [0.717, 1.165) is 30.3 Å². The quantitative estimate of drug-likeness (QED) is 0.847. The first-order chi connectivity index (χ1) is 9.45. The lowest BCUT2D eigenvalue weighted by Crippen LogP contribution is -2.43. The van der Waals surface area contributed by atoms with Crippen LogP contribution in [0.5, 0.6) is 0 Å². The normalized spacial score (nSPS) is 21.6. The lowest BCUT2D eigenvalue weighted by Gasteiger charge is -2.34. The molecule has 1 saturated carbocycles. The molecule has 0 amide bonds. The van der Waals surface area contributed by atoms with E-state index in [-0.39, 0.29) is 23.1 Å². The molecule has 0 unspecified atom stereocenters. The third kappa shape index (κ3) is 2.59. The average Bonchev–Trinajstić information content (AvgIpc) is 2.39. The molecule has 0 radical (unpaired) electrons. The zero-order chi connectivity index (χ0) is 14.9. The van der Waals surface area contributed by atoms with Gasteiger partial charge in [0.15, 0.2) is 0 Å². The number of aromatic nitrogens is 2. The van der Waals surface area contributed by atoms with Crippen molar-refractivity contribution in [2.75, 3.05) is 11.1 Å².